The number of hydrogen-bond acceptors (Lipinski definition) is 5. The van der Waals surface area contributed by atoms with Crippen LogP contribution in [0.1, 0.15) is 30.9 Å². The van der Waals surface area contributed by atoms with E-state index >= 15 is 0 Å². The van der Waals surface area contributed by atoms with Crippen molar-refractivity contribution in [1.29, 1.82) is 0 Å². The Morgan fingerprint density at radius 1 is 1.29 bits per heavy atom. The van der Waals surface area contributed by atoms with Crippen molar-refractivity contribution < 1.29 is 23.0 Å². The van der Waals surface area contributed by atoms with Crippen LogP contribution in [0.3, 0.4) is 0 Å². The van der Waals surface area contributed by atoms with Gasteiger partial charge in [-0.3, -0.25) is 0 Å². The molecule has 1 aromatic rings. The van der Waals surface area contributed by atoms with Crippen molar-refractivity contribution in [3.63, 3.8) is 0 Å². The largest absolute Gasteiger partial charge is 0.491 e. The molecule has 0 aromatic heterocycles. The first-order valence-electron chi connectivity index (χ1n) is 7.16. The van der Waals surface area contributed by atoms with E-state index in [1.165, 1.54) is 0 Å². The van der Waals surface area contributed by atoms with Crippen molar-refractivity contribution in [2.45, 2.75) is 30.6 Å². The van der Waals surface area contributed by atoms with Crippen LogP contribution in [-0.4, -0.2) is 44.9 Å². The summed E-state index contributed by atoms with van der Waals surface area (Å²) in [5.41, 5.74) is 0.532. The number of hydrogen-bond donors (Lipinski definition) is 1. The molecular weight excluding hydrogens is 292 g/mol. The zero-order chi connectivity index (χ0) is 15.3. The van der Waals surface area contributed by atoms with Gasteiger partial charge >= 0.3 is 0 Å². The molecule has 1 saturated heterocycles. The van der Waals surface area contributed by atoms with Crippen molar-refractivity contribution in [2.24, 2.45) is 0 Å². The van der Waals surface area contributed by atoms with Gasteiger partial charge in [0.2, 0.25) is 0 Å². The molecule has 0 bridgehead atoms. The third kappa shape index (κ3) is 3.96. The molecule has 0 radical (unpaired) electrons. The maximum Gasteiger partial charge on any atom is 0.156 e. The normalized spacial score (nSPS) is 22.7. The molecule has 1 N–H and O–H groups in total. The maximum absolute atomic E-state index is 12.1. The number of para-hydroxylation sites is 1. The minimum absolute atomic E-state index is 0.154. The molecule has 0 amide bonds. The molecule has 21 heavy (non-hydrogen) atoms. The summed E-state index contributed by atoms with van der Waals surface area (Å²) in [6.07, 6.45) is 0.954. The van der Waals surface area contributed by atoms with Gasteiger partial charge in [-0.1, -0.05) is 24.6 Å². The number of methoxy groups -OCH3 is 1. The molecule has 6 heteroatoms. The van der Waals surface area contributed by atoms with Crippen molar-refractivity contribution in [1.82, 2.24) is 0 Å². The second kappa shape index (κ2) is 7.24. The molecule has 5 nitrogen and oxygen atoms in total. The lowest BCUT2D eigenvalue weighted by atomic mass is 10.0. The Balaban J connectivity index is 2.20. The number of aliphatic hydroxyl groups excluding tert-OH is 1. The van der Waals surface area contributed by atoms with Crippen LogP contribution in [0, 0.1) is 0 Å². The average molecular weight is 314 g/mol. The quantitative estimate of drug-likeness (QED) is 0.809. The molecule has 1 aromatic carbocycles. The lowest BCUT2D eigenvalue weighted by molar-refractivity contribution is 0.135. The fourth-order valence-electron chi connectivity index (χ4n) is 2.63. The first kappa shape index (κ1) is 16.3. The van der Waals surface area contributed by atoms with E-state index < -0.39 is 21.2 Å². The number of benzene rings is 1. The highest BCUT2D eigenvalue weighted by molar-refractivity contribution is 7.92. The molecule has 1 aliphatic rings. The van der Waals surface area contributed by atoms with Gasteiger partial charge in [0.1, 0.15) is 12.4 Å². The zero-order valence-electron chi connectivity index (χ0n) is 12.2. The van der Waals surface area contributed by atoms with Crippen molar-refractivity contribution in [3.05, 3.63) is 29.8 Å². The number of ether oxygens (including phenoxy) is 2. The van der Waals surface area contributed by atoms with Gasteiger partial charge in [0, 0.05) is 12.7 Å². The van der Waals surface area contributed by atoms with E-state index in [2.05, 4.69) is 0 Å². The van der Waals surface area contributed by atoms with Gasteiger partial charge in [0.05, 0.1) is 23.7 Å². The Hall–Kier alpha value is -1.11. The predicted octanol–water partition coefficient (Wildman–Crippen LogP) is 1.71. The number of aliphatic hydroxyl groups is 1. The summed E-state index contributed by atoms with van der Waals surface area (Å²) in [5.74, 6) is 0.671. The first-order chi connectivity index (χ1) is 10.1. The van der Waals surface area contributed by atoms with E-state index in [4.69, 9.17) is 9.47 Å². The third-order valence-corrected chi connectivity index (χ3v) is 6.04. The molecule has 2 unspecified atom stereocenters. The number of sulfone groups is 1. The second-order valence-electron chi connectivity index (χ2n) is 5.23. The van der Waals surface area contributed by atoms with Gasteiger partial charge in [0.25, 0.3) is 0 Å². The predicted molar refractivity (Wildman–Crippen MR) is 80.2 cm³/mol. The van der Waals surface area contributed by atoms with Crippen LogP contribution >= 0.6 is 0 Å². The second-order valence-corrected chi connectivity index (χ2v) is 7.56. The Kier molecular flexibility index (Phi) is 5.61. The summed E-state index contributed by atoms with van der Waals surface area (Å²) in [4.78, 5) is 0. The number of rotatable bonds is 6. The zero-order valence-corrected chi connectivity index (χ0v) is 13.0. The third-order valence-electron chi connectivity index (χ3n) is 3.76. The van der Waals surface area contributed by atoms with Crippen molar-refractivity contribution >= 4 is 9.84 Å². The summed E-state index contributed by atoms with van der Waals surface area (Å²) in [6.45, 7) is 0.795. The molecule has 2 atom stereocenters. The molecule has 1 heterocycles. The molecule has 0 saturated carbocycles. The van der Waals surface area contributed by atoms with Gasteiger partial charge in [-0.25, -0.2) is 8.42 Å². The molecule has 0 aliphatic carbocycles. The van der Waals surface area contributed by atoms with Gasteiger partial charge < -0.3 is 14.6 Å². The summed E-state index contributed by atoms with van der Waals surface area (Å²) in [5, 5.41) is 9.79. The topological polar surface area (TPSA) is 72.8 Å². The van der Waals surface area contributed by atoms with Gasteiger partial charge in [-0.15, -0.1) is 0 Å². The lowest BCUT2D eigenvalue weighted by Gasteiger charge is -2.27. The standard InChI is InChI=1S/C15H22O5S/c1-19-9-10-20-13-7-3-2-6-12(13)15(16)14-8-4-5-11-21(14,17)18/h2-3,6-7,14-16H,4-5,8-11H2,1H3. The SMILES string of the molecule is COCCOc1ccccc1C(O)C1CCCCS1(=O)=O. The Morgan fingerprint density at radius 2 is 2.05 bits per heavy atom. The Bertz CT molecular complexity index is 555. The van der Waals surface area contributed by atoms with Crippen LogP contribution in [0.5, 0.6) is 5.75 Å². The van der Waals surface area contributed by atoms with Crippen molar-refractivity contribution in [2.75, 3.05) is 26.1 Å². The van der Waals surface area contributed by atoms with Crippen LogP contribution < -0.4 is 4.74 Å². The van der Waals surface area contributed by atoms with Gasteiger partial charge in [-0.05, 0) is 18.9 Å². The summed E-state index contributed by atoms with van der Waals surface area (Å²) < 4.78 is 34.8. The molecular formula is C15H22O5S. The molecule has 0 spiro atoms. The van der Waals surface area contributed by atoms with E-state index in [0.29, 0.717) is 37.4 Å². The first-order valence-corrected chi connectivity index (χ1v) is 8.88. The van der Waals surface area contributed by atoms with E-state index in [0.717, 1.165) is 6.42 Å². The maximum atomic E-state index is 12.1. The van der Waals surface area contributed by atoms with Crippen LogP contribution in [0.25, 0.3) is 0 Å². The fraction of sp³-hybridized carbons (Fsp3) is 0.600. The highest BCUT2D eigenvalue weighted by Crippen LogP contribution is 2.34. The smallest absolute Gasteiger partial charge is 0.156 e. The highest BCUT2D eigenvalue weighted by atomic mass is 32.2. The van der Waals surface area contributed by atoms with E-state index in [1.54, 1.807) is 31.4 Å². The summed E-state index contributed by atoms with van der Waals surface area (Å²) in [7, 11) is -1.66. The van der Waals surface area contributed by atoms with Gasteiger partial charge in [-0.2, -0.15) is 0 Å². The molecule has 118 valence electrons. The summed E-state index contributed by atoms with van der Waals surface area (Å²) in [6, 6.07) is 7.03. The molecule has 2 rings (SSSR count). The molecule has 1 aliphatic heterocycles. The minimum atomic E-state index is -3.24. The highest BCUT2D eigenvalue weighted by Gasteiger charge is 2.36. The van der Waals surface area contributed by atoms with E-state index in [-0.39, 0.29) is 5.75 Å². The molecule has 1 fully saturated rings. The fourth-order valence-corrected chi connectivity index (χ4v) is 4.60. The minimum Gasteiger partial charge on any atom is -0.491 e. The van der Waals surface area contributed by atoms with Gasteiger partial charge in [0.15, 0.2) is 9.84 Å². The van der Waals surface area contributed by atoms with Crippen molar-refractivity contribution in [3.8, 4) is 5.75 Å². The van der Waals surface area contributed by atoms with E-state index in [1.807, 2.05) is 0 Å². The van der Waals surface area contributed by atoms with Crippen LogP contribution in [0.15, 0.2) is 24.3 Å². The van der Waals surface area contributed by atoms with Crippen LogP contribution in [-0.2, 0) is 14.6 Å². The van der Waals surface area contributed by atoms with E-state index in [9.17, 15) is 13.5 Å². The van der Waals surface area contributed by atoms with Crippen LogP contribution in [0.2, 0.25) is 0 Å². The average Bonchev–Trinajstić information content (AvgIpc) is 2.47. The Labute approximate surface area is 125 Å². The Morgan fingerprint density at radius 3 is 2.76 bits per heavy atom. The summed E-state index contributed by atoms with van der Waals surface area (Å²) >= 11 is 0. The monoisotopic (exact) mass is 314 g/mol. The van der Waals surface area contributed by atoms with Crippen LogP contribution in [0.4, 0.5) is 0 Å². The lowest BCUT2D eigenvalue weighted by Crippen LogP contribution is -2.34.